The largest absolute Gasteiger partial charge is 0.416 e. The molecule has 0 fully saturated rings. The fourth-order valence-corrected chi connectivity index (χ4v) is 3.43. The van der Waals surface area contributed by atoms with Gasteiger partial charge in [-0.3, -0.25) is 9.10 Å². The zero-order valence-corrected chi connectivity index (χ0v) is 16.8. The van der Waals surface area contributed by atoms with Gasteiger partial charge < -0.3 is 5.32 Å². The van der Waals surface area contributed by atoms with Gasteiger partial charge in [0, 0.05) is 6.54 Å². The molecule has 0 saturated heterocycles. The Labute approximate surface area is 170 Å². The molecule has 2 rings (SSSR count). The van der Waals surface area contributed by atoms with Gasteiger partial charge in [0.2, 0.25) is 15.9 Å². The van der Waals surface area contributed by atoms with Crippen molar-refractivity contribution in [2.24, 2.45) is 0 Å². The maximum absolute atomic E-state index is 12.7. The molecule has 1 N–H and O–H groups in total. The van der Waals surface area contributed by atoms with Gasteiger partial charge in [0.05, 0.1) is 27.6 Å². The number of carbonyl (C=O) groups excluding carboxylic acids is 1. The fraction of sp³-hybridized carbons (Fsp3) is 0.235. The van der Waals surface area contributed by atoms with Crippen LogP contribution in [0.2, 0.25) is 10.0 Å². The van der Waals surface area contributed by atoms with Gasteiger partial charge in [0.25, 0.3) is 0 Å². The number of rotatable bonds is 6. The van der Waals surface area contributed by atoms with Crippen LogP contribution < -0.4 is 9.62 Å². The minimum atomic E-state index is -4.50. The molecular weight excluding hydrogens is 440 g/mol. The Morgan fingerprint density at radius 2 is 1.79 bits per heavy atom. The molecular formula is C17H15Cl2F3N2O3S. The summed E-state index contributed by atoms with van der Waals surface area (Å²) in [6.45, 7) is -0.766. The van der Waals surface area contributed by atoms with E-state index in [1.165, 1.54) is 30.3 Å². The van der Waals surface area contributed by atoms with Gasteiger partial charge in [0.15, 0.2) is 0 Å². The Hall–Kier alpha value is -1.97. The molecule has 0 aromatic heterocycles. The molecule has 0 unspecified atom stereocenters. The molecule has 5 nitrogen and oxygen atoms in total. The molecule has 0 atom stereocenters. The van der Waals surface area contributed by atoms with Crippen molar-refractivity contribution in [3.8, 4) is 0 Å². The number of anilines is 1. The van der Waals surface area contributed by atoms with Crippen molar-refractivity contribution in [1.29, 1.82) is 0 Å². The second kappa shape index (κ2) is 8.59. The molecule has 152 valence electrons. The van der Waals surface area contributed by atoms with Crippen LogP contribution in [0.1, 0.15) is 11.1 Å². The predicted molar refractivity (Wildman–Crippen MR) is 102 cm³/mol. The highest BCUT2D eigenvalue weighted by molar-refractivity contribution is 7.92. The van der Waals surface area contributed by atoms with Gasteiger partial charge in [-0.2, -0.15) is 13.2 Å². The zero-order chi connectivity index (χ0) is 21.1. The molecule has 0 bridgehead atoms. The number of benzene rings is 2. The lowest BCUT2D eigenvalue weighted by Crippen LogP contribution is -2.40. The van der Waals surface area contributed by atoms with E-state index < -0.39 is 34.2 Å². The van der Waals surface area contributed by atoms with Gasteiger partial charge in [0.1, 0.15) is 6.54 Å². The second-order valence-corrected chi connectivity index (χ2v) is 8.56. The van der Waals surface area contributed by atoms with Gasteiger partial charge in [-0.05, 0) is 35.9 Å². The van der Waals surface area contributed by atoms with E-state index in [4.69, 9.17) is 23.2 Å². The van der Waals surface area contributed by atoms with Crippen molar-refractivity contribution in [2.45, 2.75) is 12.7 Å². The van der Waals surface area contributed by atoms with Crippen LogP contribution >= 0.6 is 23.2 Å². The second-order valence-electron chi connectivity index (χ2n) is 5.84. The summed E-state index contributed by atoms with van der Waals surface area (Å²) >= 11 is 11.7. The molecule has 0 heterocycles. The fourth-order valence-electron chi connectivity index (χ4n) is 2.28. The van der Waals surface area contributed by atoms with Crippen molar-refractivity contribution >= 4 is 44.8 Å². The summed E-state index contributed by atoms with van der Waals surface area (Å²) in [5.41, 5.74) is -0.484. The summed E-state index contributed by atoms with van der Waals surface area (Å²) in [5.74, 6) is -0.700. The van der Waals surface area contributed by atoms with E-state index in [1.807, 2.05) is 0 Å². The molecule has 2 aromatic carbocycles. The molecule has 2 aromatic rings. The van der Waals surface area contributed by atoms with Gasteiger partial charge in [-0.15, -0.1) is 0 Å². The molecule has 11 heteroatoms. The van der Waals surface area contributed by atoms with Crippen molar-refractivity contribution in [2.75, 3.05) is 17.1 Å². The molecule has 0 aliphatic heterocycles. The summed E-state index contributed by atoms with van der Waals surface area (Å²) in [6.07, 6.45) is -3.59. The first-order valence-corrected chi connectivity index (χ1v) is 10.3. The minimum Gasteiger partial charge on any atom is -0.350 e. The Morgan fingerprint density at radius 1 is 1.11 bits per heavy atom. The smallest absolute Gasteiger partial charge is 0.350 e. The van der Waals surface area contributed by atoms with Crippen LogP contribution in [-0.4, -0.2) is 27.1 Å². The molecule has 28 heavy (non-hydrogen) atoms. The van der Waals surface area contributed by atoms with Crippen LogP contribution in [-0.2, 0) is 27.5 Å². The molecule has 0 radical (unpaired) electrons. The standard InChI is InChI=1S/C17H15Cl2F3N2O3S/c1-28(26,27)24(13-5-6-14(18)15(19)8-13)10-16(25)23-9-11-3-2-4-12(7-11)17(20,21)22/h2-8H,9-10H2,1H3,(H,23,25). The third-order valence-electron chi connectivity index (χ3n) is 3.62. The monoisotopic (exact) mass is 454 g/mol. The summed E-state index contributed by atoms with van der Waals surface area (Å²) in [6, 6.07) is 8.54. The zero-order valence-electron chi connectivity index (χ0n) is 14.4. The van der Waals surface area contributed by atoms with E-state index >= 15 is 0 Å². The van der Waals surface area contributed by atoms with E-state index in [1.54, 1.807) is 0 Å². The Kier molecular flexibility index (Phi) is 6.84. The SMILES string of the molecule is CS(=O)(=O)N(CC(=O)NCc1cccc(C(F)(F)F)c1)c1ccc(Cl)c(Cl)c1. The van der Waals surface area contributed by atoms with Crippen molar-refractivity contribution in [1.82, 2.24) is 5.32 Å². The van der Waals surface area contributed by atoms with Crippen molar-refractivity contribution < 1.29 is 26.4 Å². The maximum Gasteiger partial charge on any atom is 0.416 e. The molecule has 0 spiro atoms. The maximum atomic E-state index is 12.7. The van der Waals surface area contributed by atoms with Crippen LogP contribution in [0.5, 0.6) is 0 Å². The van der Waals surface area contributed by atoms with Crippen LogP contribution in [0.15, 0.2) is 42.5 Å². The minimum absolute atomic E-state index is 0.109. The van der Waals surface area contributed by atoms with Crippen LogP contribution in [0.4, 0.5) is 18.9 Å². The summed E-state index contributed by atoms with van der Waals surface area (Å²) in [5, 5.41) is 2.73. The molecule has 0 saturated carbocycles. The average molecular weight is 455 g/mol. The first kappa shape index (κ1) is 22.3. The number of halogens is 5. The number of alkyl halides is 3. The first-order valence-electron chi connectivity index (χ1n) is 7.73. The summed E-state index contributed by atoms with van der Waals surface area (Å²) in [4.78, 5) is 12.2. The van der Waals surface area contributed by atoms with E-state index in [0.29, 0.717) is 0 Å². The first-order chi connectivity index (χ1) is 12.9. The molecule has 0 aliphatic rings. The van der Waals surface area contributed by atoms with E-state index in [2.05, 4.69) is 5.32 Å². The van der Waals surface area contributed by atoms with Crippen LogP contribution in [0, 0.1) is 0 Å². The number of nitrogens with zero attached hydrogens (tertiary/aromatic N) is 1. The van der Waals surface area contributed by atoms with Crippen LogP contribution in [0.25, 0.3) is 0 Å². The van der Waals surface area contributed by atoms with Gasteiger partial charge in [-0.1, -0.05) is 35.3 Å². The van der Waals surface area contributed by atoms with E-state index in [9.17, 15) is 26.4 Å². The Balaban J connectivity index is 2.12. The van der Waals surface area contributed by atoms with E-state index in [-0.39, 0.29) is 27.8 Å². The number of hydrogen-bond acceptors (Lipinski definition) is 3. The number of nitrogens with one attached hydrogen (secondary N) is 1. The lowest BCUT2D eigenvalue weighted by atomic mass is 10.1. The highest BCUT2D eigenvalue weighted by Crippen LogP contribution is 2.30. The van der Waals surface area contributed by atoms with Gasteiger partial charge in [-0.25, -0.2) is 8.42 Å². The highest BCUT2D eigenvalue weighted by atomic mass is 35.5. The number of hydrogen-bond donors (Lipinski definition) is 1. The van der Waals surface area contributed by atoms with Crippen molar-refractivity contribution in [3.63, 3.8) is 0 Å². The number of amides is 1. The normalized spacial score (nSPS) is 11.9. The summed E-state index contributed by atoms with van der Waals surface area (Å²) in [7, 11) is -3.83. The molecule has 0 aliphatic carbocycles. The average Bonchev–Trinajstić information content (AvgIpc) is 2.59. The van der Waals surface area contributed by atoms with Crippen molar-refractivity contribution in [3.05, 3.63) is 63.6 Å². The topological polar surface area (TPSA) is 66.5 Å². The van der Waals surface area contributed by atoms with Gasteiger partial charge >= 0.3 is 6.18 Å². The third kappa shape index (κ3) is 6.02. The quantitative estimate of drug-likeness (QED) is 0.714. The predicted octanol–water partition coefficient (Wildman–Crippen LogP) is 4.09. The lowest BCUT2D eigenvalue weighted by molar-refractivity contribution is -0.137. The lowest BCUT2D eigenvalue weighted by Gasteiger charge is -2.22. The highest BCUT2D eigenvalue weighted by Gasteiger charge is 2.30. The summed E-state index contributed by atoms with van der Waals surface area (Å²) < 4.78 is 63.1. The third-order valence-corrected chi connectivity index (χ3v) is 5.50. The van der Waals surface area contributed by atoms with Crippen LogP contribution in [0.3, 0.4) is 0 Å². The number of carbonyl (C=O) groups is 1. The number of sulfonamides is 1. The van der Waals surface area contributed by atoms with E-state index in [0.717, 1.165) is 22.7 Å². The molecule has 1 amide bonds. The Morgan fingerprint density at radius 3 is 2.36 bits per heavy atom. The Bertz CT molecular complexity index is 982.